The van der Waals surface area contributed by atoms with Gasteiger partial charge in [0.25, 0.3) is 0 Å². The average molecular weight is 936 g/mol. The van der Waals surface area contributed by atoms with Gasteiger partial charge in [-0.1, -0.05) is 61.7 Å². The van der Waals surface area contributed by atoms with Crippen molar-refractivity contribution < 1.29 is 92.1 Å². The van der Waals surface area contributed by atoms with Gasteiger partial charge in [0.05, 0.1) is 8.07 Å². The van der Waals surface area contributed by atoms with Crippen LogP contribution in [0.25, 0.3) is 0 Å². The average Bonchev–Trinajstić information content (AvgIpc) is 3.82. The van der Waals surface area contributed by atoms with E-state index in [9.17, 15) is 65.9 Å². The van der Waals surface area contributed by atoms with Crippen LogP contribution in [0.15, 0.2) is 48.6 Å². The SMILES string of the molecule is C[Si](C)([C]1[CH][CH][C]2C=CC=C[C]21)[C]1[CH][CH][C]2C=CC=C[C]21.Fc1c(F)c(F)[c]([Al]([c]2c(F)c(F)c(F)c(F)c2F)[c]2c(F)c(F)c(F)c(F)c2F)c(F)c1F.[CH3-].[CH3-].[Zr+2]. The molecule has 10 radical (unpaired) electrons. The Labute approximate surface area is 350 Å². The predicted octanol–water partition coefficient (Wildman–Crippen LogP) is 9.50. The molecule has 3 aromatic rings. The Kier molecular flexibility index (Phi) is 16.1. The summed E-state index contributed by atoms with van der Waals surface area (Å²) in [5.41, 5.74) is 3.10. The van der Waals surface area contributed by atoms with Crippen LogP contribution in [0, 0.1) is 163 Å². The van der Waals surface area contributed by atoms with Gasteiger partial charge in [-0.05, 0) is 50.0 Å². The Morgan fingerprint density at radius 1 is 0.345 bits per heavy atom. The van der Waals surface area contributed by atoms with E-state index < -0.39 is 123 Å². The van der Waals surface area contributed by atoms with Crippen LogP contribution in [0.4, 0.5) is 65.9 Å². The van der Waals surface area contributed by atoms with Crippen molar-refractivity contribution >= 4 is 35.5 Å². The fourth-order valence-electron chi connectivity index (χ4n) is 6.60. The summed E-state index contributed by atoms with van der Waals surface area (Å²) in [7, 11) is -1.68. The van der Waals surface area contributed by atoms with E-state index >= 15 is 0 Å². The molecule has 0 nitrogen and oxygen atoms in total. The first-order valence-corrected chi connectivity index (χ1v) is 20.4. The molecular weight excluding hydrogens is 912 g/mol. The molecule has 2 fully saturated rings. The quantitative estimate of drug-likeness (QED) is 0.0787. The van der Waals surface area contributed by atoms with Gasteiger partial charge in [0.15, 0.2) is 87.3 Å². The molecule has 0 aromatic heterocycles. The summed E-state index contributed by atoms with van der Waals surface area (Å²) in [5, 5.41) is 0. The first kappa shape index (κ1) is 49.6. The molecule has 3 aromatic carbocycles. The molecule has 7 rings (SSSR count). The summed E-state index contributed by atoms with van der Waals surface area (Å²) in [5.74, 6) is -39.0. The van der Waals surface area contributed by atoms with E-state index in [4.69, 9.17) is 0 Å². The zero-order chi connectivity index (χ0) is 40.4. The Morgan fingerprint density at radius 2 is 0.569 bits per heavy atom. The minimum atomic E-state index is -5.96. The summed E-state index contributed by atoms with van der Waals surface area (Å²) in [4.78, 5) is 0. The van der Waals surface area contributed by atoms with Crippen LogP contribution in [0.3, 0.4) is 0 Å². The van der Waals surface area contributed by atoms with E-state index in [0.29, 0.717) is 0 Å². The van der Waals surface area contributed by atoms with Crippen LogP contribution in [0.2, 0.25) is 13.1 Å². The summed E-state index contributed by atoms with van der Waals surface area (Å²) in [6, 6.07) is 0. The molecule has 0 N–H and O–H groups in total. The molecule has 2 saturated carbocycles. The van der Waals surface area contributed by atoms with Crippen molar-refractivity contribution in [3.63, 3.8) is 0 Å². The van der Waals surface area contributed by atoms with Crippen molar-refractivity contribution in [3.05, 3.63) is 211 Å². The van der Waals surface area contributed by atoms with Crippen molar-refractivity contribution in [1.29, 1.82) is 0 Å². The normalized spacial score (nSPS) is 17.1. The van der Waals surface area contributed by atoms with Crippen LogP contribution in [-0.2, 0) is 26.2 Å². The predicted molar refractivity (Wildman–Crippen MR) is 187 cm³/mol. The third kappa shape index (κ3) is 8.17. The van der Waals surface area contributed by atoms with Crippen molar-refractivity contribution in [2.24, 2.45) is 0 Å². The van der Waals surface area contributed by atoms with E-state index in [2.05, 4.69) is 87.4 Å². The zero-order valence-corrected chi connectivity index (χ0v) is 34.8. The first-order valence-electron chi connectivity index (χ1n) is 15.7. The maximum Gasteiger partial charge on any atom is 2.00 e. The summed E-state index contributed by atoms with van der Waals surface area (Å²) in [6.07, 6.45) is 26.7. The van der Waals surface area contributed by atoms with E-state index in [-0.39, 0.29) is 41.1 Å². The maximum atomic E-state index is 14.4. The van der Waals surface area contributed by atoms with Crippen molar-refractivity contribution in [1.82, 2.24) is 0 Å². The van der Waals surface area contributed by atoms with Crippen LogP contribution in [0.1, 0.15) is 0 Å². The number of hydrogen-bond donors (Lipinski definition) is 0. The maximum absolute atomic E-state index is 14.4. The molecule has 0 unspecified atom stereocenters. The molecule has 0 amide bonds. The number of halogens is 15. The monoisotopic (exact) mass is 934 g/mol. The topological polar surface area (TPSA) is 0 Å². The minimum absolute atomic E-state index is 0. The van der Waals surface area contributed by atoms with Gasteiger partial charge in [0.2, 0.25) is 0 Å². The smallest absolute Gasteiger partial charge is 0.358 e. The van der Waals surface area contributed by atoms with Crippen LogP contribution >= 0.6 is 0 Å². The van der Waals surface area contributed by atoms with Gasteiger partial charge in [-0.25, -0.2) is 65.9 Å². The third-order valence-corrected chi connectivity index (χ3v) is 16.1. The fraction of sp³-hybridized carbons (Fsp3) is 0.0500. The van der Waals surface area contributed by atoms with E-state index in [1.54, 1.807) is 11.1 Å². The standard InChI is InChI=1S/C20H18Si.3C6F5.2CH3.Al.Zr/c1-21(2,19-13-11-15-7-3-5-9-17(15)19)20-14-12-16-8-4-6-10-18(16)20;3*7-2-1-3(8)5(10)6(11)4(2)9;;;;/h3-14H,1-2H3;;;;2*1H3;;/q;;;;2*-1;;+2. The number of allylic oxidation sites excluding steroid dienone is 8. The van der Waals surface area contributed by atoms with E-state index in [0.717, 1.165) is 0 Å². The molecule has 4 aliphatic rings. The molecule has 58 heavy (non-hydrogen) atoms. The Morgan fingerprint density at radius 3 is 0.828 bits per heavy atom. The van der Waals surface area contributed by atoms with Crippen LogP contribution in [0.5, 0.6) is 0 Å². The van der Waals surface area contributed by atoms with Crippen LogP contribution < -0.4 is 13.3 Å². The second kappa shape index (κ2) is 18.9. The fourth-order valence-corrected chi connectivity index (χ4v) is 12.8. The molecule has 0 atom stereocenters. The Hall–Kier alpha value is -2.80. The molecule has 0 saturated heterocycles. The Balaban J connectivity index is 0.000000322. The minimum Gasteiger partial charge on any atom is -0.358 e. The molecular formula is C40H24AlF15SiZr. The van der Waals surface area contributed by atoms with Crippen molar-refractivity contribution in [2.45, 2.75) is 13.1 Å². The van der Waals surface area contributed by atoms with Gasteiger partial charge in [0.1, 0.15) is 0 Å². The summed E-state index contributed by atoms with van der Waals surface area (Å²) >= 11 is -5.96. The molecule has 0 bridgehead atoms. The van der Waals surface area contributed by atoms with E-state index in [1.807, 2.05) is 0 Å². The zero-order valence-electron chi connectivity index (χ0n) is 30.2. The number of fused-ring (bicyclic) bond motifs is 2. The van der Waals surface area contributed by atoms with Crippen LogP contribution in [-0.4, -0.2) is 22.2 Å². The van der Waals surface area contributed by atoms with E-state index in [1.165, 1.54) is 23.7 Å². The second-order valence-electron chi connectivity index (χ2n) is 12.7. The largest absolute Gasteiger partial charge is 2.00 e. The number of rotatable bonds is 5. The molecule has 4 aliphatic carbocycles. The first-order chi connectivity index (χ1) is 25.8. The van der Waals surface area contributed by atoms with Gasteiger partial charge in [0, 0.05) is 23.7 Å². The van der Waals surface area contributed by atoms with Gasteiger partial charge in [-0.15, -0.1) is 0 Å². The molecule has 300 valence electrons. The van der Waals surface area contributed by atoms with Crippen molar-refractivity contribution in [2.75, 3.05) is 0 Å². The summed E-state index contributed by atoms with van der Waals surface area (Å²) < 4.78 is 201. The Bertz CT molecular complexity index is 1890. The van der Waals surface area contributed by atoms with Gasteiger partial charge < -0.3 is 14.9 Å². The summed E-state index contributed by atoms with van der Waals surface area (Å²) in [6.45, 7) is 4.94. The number of hydrogen-bond acceptors (Lipinski definition) is 0. The molecule has 0 aliphatic heterocycles. The van der Waals surface area contributed by atoms with Gasteiger partial charge >= 0.3 is 40.4 Å². The third-order valence-electron chi connectivity index (χ3n) is 9.31. The number of benzene rings is 3. The second-order valence-corrected chi connectivity index (χ2v) is 19.6. The van der Waals surface area contributed by atoms with Gasteiger partial charge in [-0.2, -0.15) is 0 Å². The van der Waals surface area contributed by atoms with Gasteiger partial charge in [-0.3, -0.25) is 0 Å². The molecule has 0 heterocycles. The molecule has 0 spiro atoms. The van der Waals surface area contributed by atoms with Crippen molar-refractivity contribution in [3.8, 4) is 0 Å². The molecule has 18 heteroatoms.